The summed E-state index contributed by atoms with van der Waals surface area (Å²) in [6.45, 7) is 1.13. The smallest absolute Gasteiger partial charge is 0.342 e. The van der Waals surface area contributed by atoms with Crippen LogP contribution in [-0.2, 0) is 19.4 Å². The van der Waals surface area contributed by atoms with Crippen molar-refractivity contribution in [3.63, 3.8) is 0 Å². The number of esters is 1. The molecule has 0 unspecified atom stereocenters. The predicted octanol–water partition coefficient (Wildman–Crippen LogP) is 1.20. The van der Waals surface area contributed by atoms with E-state index in [0.29, 0.717) is 11.4 Å². The van der Waals surface area contributed by atoms with Crippen molar-refractivity contribution in [2.45, 2.75) is 18.9 Å². The number of sulfone groups is 1. The molecule has 7 nitrogen and oxygen atoms in total. The standard InChI is InChI=1S/C15H18ClNO6S/c1-15(5-6-24(20,21)9-15)17-13(18)8-23-14(19)11-7-10(16)3-4-12(11)22-2/h3-4,7H,5-6,8-9H2,1-2H3,(H,17,18)/t15-/m0/s1. The highest BCUT2D eigenvalue weighted by Gasteiger charge is 2.39. The van der Waals surface area contributed by atoms with E-state index >= 15 is 0 Å². The van der Waals surface area contributed by atoms with Crippen molar-refractivity contribution < 1.29 is 27.5 Å². The molecule has 0 radical (unpaired) electrons. The molecule has 1 atom stereocenters. The first-order valence-electron chi connectivity index (χ1n) is 7.16. The number of hydrogen-bond donors (Lipinski definition) is 1. The zero-order valence-electron chi connectivity index (χ0n) is 13.3. The first-order valence-corrected chi connectivity index (χ1v) is 9.36. The number of hydrogen-bond acceptors (Lipinski definition) is 6. The van der Waals surface area contributed by atoms with Crippen LogP contribution in [0.25, 0.3) is 0 Å². The molecule has 2 rings (SSSR count). The summed E-state index contributed by atoms with van der Waals surface area (Å²) in [5.74, 6) is -1.14. The summed E-state index contributed by atoms with van der Waals surface area (Å²) < 4.78 is 33.0. The van der Waals surface area contributed by atoms with Crippen molar-refractivity contribution >= 4 is 33.3 Å². The second-order valence-electron chi connectivity index (χ2n) is 5.87. The summed E-state index contributed by atoms with van der Waals surface area (Å²) >= 11 is 5.84. The molecule has 1 saturated heterocycles. The van der Waals surface area contributed by atoms with Crippen LogP contribution in [-0.4, -0.2) is 51.1 Å². The van der Waals surface area contributed by atoms with Crippen LogP contribution >= 0.6 is 11.6 Å². The lowest BCUT2D eigenvalue weighted by Crippen LogP contribution is -2.48. The number of halogens is 1. The number of nitrogens with one attached hydrogen (secondary N) is 1. The van der Waals surface area contributed by atoms with Crippen LogP contribution in [0.1, 0.15) is 23.7 Å². The summed E-state index contributed by atoms with van der Waals surface area (Å²) in [4.78, 5) is 24.0. The third kappa shape index (κ3) is 4.61. The molecule has 0 aromatic heterocycles. The molecule has 1 aliphatic rings. The quantitative estimate of drug-likeness (QED) is 0.776. The second-order valence-corrected chi connectivity index (χ2v) is 8.49. The third-order valence-electron chi connectivity index (χ3n) is 3.66. The molecule has 1 N–H and O–H groups in total. The lowest BCUT2D eigenvalue weighted by molar-refractivity contribution is -0.125. The van der Waals surface area contributed by atoms with Gasteiger partial charge in [-0.25, -0.2) is 13.2 Å². The molecule has 24 heavy (non-hydrogen) atoms. The second kappa shape index (κ2) is 6.98. The average Bonchev–Trinajstić information content (AvgIpc) is 2.78. The fraction of sp³-hybridized carbons (Fsp3) is 0.467. The molecule has 1 aromatic carbocycles. The molecule has 9 heteroatoms. The highest BCUT2D eigenvalue weighted by atomic mass is 35.5. The van der Waals surface area contributed by atoms with E-state index in [-0.39, 0.29) is 22.8 Å². The molecule has 0 saturated carbocycles. The SMILES string of the molecule is COc1ccc(Cl)cc1C(=O)OCC(=O)N[C@@]1(C)CCS(=O)(=O)C1. The molecule has 0 bridgehead atoms. The Morgan fingerprint density at radius 2 is 2.08 bits per heavy atom. The predicted molar refractivity (Wildman–Crippen MR) is 88.1 cm³/mol. The first-order chi connectivity index (χ1) is 11.1. The Hall–Kier alpha value is -1.80. The highest BCUT2D eigenvalue weighted by Crippen LogP contribution is 2.24. The van der Waals surface area contributed by atoms with Crippen molar-refractivity contribution in [2.24, 2.45) is 0 Å². The summed E-state index contributed by atoms with van der Waals surface area (Å²) in [6.07, 6.45) is 0.330. The van der Waals surface area contributed by atoms with Gasteiger partial charge in [0.25, 0.3) is 5.91 Å². The van der Waals surface area contributed by atoms with Crippen molar-refractivity contribution in [2.75, 3.05) is 25.2 Å². The van der Waals surface area contributed by atoms with Crippen LogP contribution in [0.5, 0.6) is 5.75 Å². The van der Waals surface area contributed by atoms with Gasteiger partial charge >= 0.3 is 5.97 Å². The Kier molecular flexibility index (Phi) is 5.39. The number of ether oxygens (including phenoxy) is 2. The number of amides is 1. The molecule has 1 amide bonds. The van der Waals surface area contributed by atoms with E-state index in [4.69, 9.17) is 21.1 Å². The molecule has 132 valence electrons. The monoisotopic (exact) mass is 375 g/mol. The number of benzene rings is 1. The zero-order valence-corrected chi connectivity index (χ0v) is 14.9. The van der Waals surface area contributed by atoms with Crippen LogP contribution < -0.4 is 10.1 Å². The van der Waals surface area contributed by atoms with Crippen LogP contribution in [0.4, 0.5) is 0 Å². The number of rotatable bonds is 5. The molecule has 1 aromatic rings. The Morgan fingerprint density at radius 3 is 2.67 bits per heavy atom. The maximum absolute atomic E-state index is 12.1. The highest BCUT2D eigenvalue weighted by molar-refractivity contribution is 7.91. The third-order valence-corrected chi connectivity index (χ3v) is 5.80. The van der Waals surface area contributed by atoms with Gasteiger partial charge in [-0.1, -0.05) is 11.6 Å². The summed E-state index contributed by atoms with van der Waals surface area (Å²) in [5.41, 5.74) is -0.733. The number of carbonyl (C=O) groups is 2. The summed E-state index contributed by atoms with van der Waals surface area (Å²) in [7, 11) is -1.74. The van der Waals surface area contributed by atoms with E-state index in [1.165, 1.54) is 19.2 Å². The lowest BCUT2D eigenvalue weighted by Gasteiger charge is -2.23. The van der Waals surface area contributed by atoms with Gasteiger partial charge in [0.05, 0.1) is 24.2 Å². The molecule has 0 spiro atoms. The van der Waals surface area contributed by atoms with E-state index in [2.05, 4.69) is 5.32 Å². The lowest BCUT2D eigenvalue weighted by atomic mass is 10.0. The van der Waals surface area contributed by atoms with Crippen LogP contribution in [0.15, 0.2) is 18.2 Å². The topological polar surface area (TPSA) is 98.8 Å². The minimum Gasteiger partial charge on any atom is -0.496 e. The minimum atomic E-state index is -3.14. The largest absolute Gasteiger partial charge is 0.496 e. The maximum atomic E-state index is 12.1. The fourth-order valence-electron chi connectivity index (χ4n) is 2.53. The molecule has 1 heterocycles. The maximum Gasteiger partial charge on any atom is 0.342 e. The van der Waals surface area contributed by atoms with Crippen LogP contribution in [0.2, 0.25) is 5.02 Å². The Bertz CT molecular complexity index is 763. The van der Waals surface area contributed by atoms with E-state index in [9.17, 15) is 18.0 Å². The van der Waals surface area contributed by atoms with E-state index in [0.717, 1.165) is 0 Å². The van der Waals surface area contributed by atoms with Crippen molar-refractivity contribution in [1.29, 1.82) is 0 Å². The number of methoxy groups -OCH3 is 1. The molecule has 1 fully saturated rings. The van der Waals surface area contributed by atoms with Gasteiger partial charge < -0.3 is 14.8 Å². The van der Waals surface area contributed by atoms with Gasteiger partial charge in [0, 0.05) is 5.02 Å². The van der Waals surface area contributed by atoms with Gasteiger partial charge in [0.1, 0.15) is 11.3 Å². The fourth-order valence-corrected chi connectivity index (χ4v) is 4.80. The van der Waals surface area contributed by atoms with Gasteiger partial charge in [-0.2, -0.15) is 0 Å². The Morgan fingerprint density at radius 1 is 1.38 bits per heavy atom. The van der Waals surface area contributed by atoms with Crippen LogP contribution in [0, 0.1) is 0 Å². The minimum absolute atomic E-state index is 0.0310. The van der Waals surface area contributed by atoms with E-state index < -0.39 is 33.9 Å². The zero-order chi connectivity index (χ0) is 18.0. The summed E-state index contributed by atoms with van der Waals surface area (Å²) in [6, 6.07) is 4.46. The molecule has 1 aliphatic heterocycles. The van der Waals surface area contributed by atoms with Crippen molar-refractivity contribution in [3.05, 3.63) is 28.8 Å². The van der Waals surface area contributed by atoms with Gasteiger partial charge in [-0.15, -0.1) is 0 Å². The van der Waals surface area contributed by atoms with E-state index in [1.807, 2.05) is 0 Å². The van der Waals surface area contributed by atoms with Crippen molar-refractivity contribution in [1.82, 2.24) is 5.32 Å². The van der Waals surface area contributed by atoms with Gasteiger partial charge in [0.2, 0.25) is 0 Å². The molecular weight excluding hydrogens is 358 g/mol. The van der Waals surface area contributed by atoms with E-state index in [1.54, 1.807) is 13.0 Å². The average molecular weight is 376 g/mol. The normalized spacial score (nSPS) is 22.0. The summed E-state index contributed by atoms with van der Waals surface area (Å²) in [5, 5.41) is 2.93. The Balaban J connectivity index is 1.95. The van der Waals surface area contributed by atoms with Crippen LogP contribution in [0.3, 0.4) is 0 Å². The number of carbonyl (C=O) groups excluding carboxylic acids is 2. The van der Waals surface area contributed by atoms with Gasteiger partial charge in [0.15, 0.2) is 16.4 Å². The first kappa shape index (κ1) is 18.5. The Labute approximate surface area is 145 Å². The molecular formula is C15H18ClNO6S. The molecule has 0 aliphatic carbocycles. The van der Waals surface area contributed by atoms with Gasteiger partial charge in [-0.3, -0.25) is 4.79 Å². The van der Waals surface area contributed by atoms with Gasteiger partial charge in [-0.05, 0) is 31.5 Å². The van der Waals surface area contributed by atoms with Crippen molar-refractivity contribution in [3.8, 4) is 5.75 Å².